The molecule has 0 radical (unpaired) electrons. The van der Waals surface area contributed by atoms with Crippen molar-refractivity contribution in [3.8, 4) is 5.75 Å². The summed E-state index contributed by atoms with van der Waals surface area (Å²) in [6.45, 7) is -0.934. The molecule has 132 valence electrons. The van der Waals surface area contributed by atoms with Crippen LogP contribution in [-0.2, 0) is 11.3 Å². The van der Waals surface area contributed by atoms with E-state index in [2.05, 4.69) is 15.4 Å². The number of rotatable bonds is 7. The summed E-state index contributed by atoms with van der Waals surface area (Å²) in [7, 11) is 0. The van der Waals surface area contributed by atoms with Gasteiger partial charge in [0, 0.05) is 12.1 Å². The molecule has 0 aliphatic carbocycles. The second-order valence-corrected chi connectivity index (χ2v) is 5.35. The Labute approximate surface area is 144 Å². The zero-order chi connectivity index (χ0) is 18.2. The third kappa shape index (κ3) is 6.21. The minimum atomic E-state index is -2.87. The summed E-state index contributed by atoms with van der Waals surface area (Å²) in [5.41, 5.74) is 2.17. The highest BCUT2D eigenvalue weighted by Crippen LogP contribution is 2.14. The lowest BCUT2D eigenvalue weighted by atomic mass is 10.1. The van der Waals surface area contributed by atoms with Gasteiger partial charge in [-0.2, -0.15) is 8.78 Å². The average Bonchev–Trinajstić information content (AvgIpc) is 2.58. The lowest BCUT2D eigenvalue weighted by Gasteiger charge is -2.08. The Balaban J connectivity index is 1.76. The monoisotopic (exact) mass is 348 g/mol. The number of carbonyl (C=O) groups is 2. The first-order chi connectivity index (χ1) is 11.9. The molecule has 0 unspecified atom stereocenters. The third-order valence-electron chi connectivity index (χ3n) is 3.33. The van der Waals surface area contributed by atoms with Crippen LogP contribution in [0.2, 0.25) is 0 Å². The number of hydrogen-bond acceptors (Lipinski definition) is 3. The maximum Gasteiger partial charge on any atom is 0.387 e. The summed E-state index contributed by atoms with van der Waals surface area (Å²) in [6.07, 6.45) is 0. The third-order valence-corrected chi connectivity index (χ3v) is 3.33. The molecule has 5 nitrogen and oxygen atoms in total. The molecule has 0 aliphatic heterocycles. The fraction of sp³-hybridized carbons (Fsp3) is 0.222. The lowest BCUT2D eigenvalue weighted by Crippen LogP contribution is -2.36. The van der Waals surface area contributed by atoms with Crippen molar-refractivity contribution in [2.45, 2.75) is 20.1 Å². The minimum absolute atomic E-state index is 0.0514. The average molecular weight is 348 g/mol. The number of hydrogen-bond donors (Lipinski definition) is 2. The largest absolute Gasteiger partial charge is 0.435 e. The quantitative estimate of drug-likeness (QED) is 0.808. The molecule has 0 fully saturated rings. The van der Waals surface area contributed by atoms with Gasteiger partial charge in [-0.3, -0.25) is 9.59 Å². The maximum absolute atomic E-state index is 12.1. The smallest absolute Gasteiger partial charge is 0.387 e. The number of nitrogens with one attached hydrogen (secondary N) is 2. The van der Waals surface area contributed by atoms with E-state index in [9.17, 15) is 18.4 Å². The molecule has 0 aliphatic rings. The molecule has 7 heteroatoms. The van der Waals surface area contributed by atoms with Crippen LogP contribution in [0.1, 0.15) is 21.5 Å². The molecule has 0 bridgehead atoms. The molecule has 0 spiro atoms. The standard InChI is InChI=1S/C18H18F2N2O3/c1-12-3-2-4-14(9-12)17(24)22-11-16(23)21-10-13-5-7-15(8-6-13)25-18(19)20/h2-9,18H,10-11H2,1H3,(H,21,23)(H,22,24). The van der Waals surface area contributed by atoms with Gasteiger partial charge in [-0.05, 0) is 36.8 Å². The van der Waals surface area contributed by atoms with Crippen molar-refractivity contribution in [2.75, 3.05) is 6.54 Å². The highest BCUT2D eigenvalue weighted by Gasteiger charge is 2.08. The summed E-state index contributed by atoms with van der Waals surface area (Å²) < 4.78 is 28.4. The van der Waals surface area contributed by atoms with E-state index < -0.39 is 6.61 Å². The number of ether oxygens (including phenoxy) is 1. The van der Waals surface area contributed by atoms with E-state index in [4.69, 9.17) is 0 Å². The van der Waals surface area contributed by atoms with Crippen LogP contribution in [0.15, 0.2) is 48.5 Å². The molecule has 2 aromatic rings. The van der Waals surface area contributed by atoms with Crippen molar-refractivity contribution < 1.29 is 23.1 Å². The van der Waals surface area contributed by atoms with Crippen molar-refractivity contribution in [2.24, 2.45) is 0 Å². The van der Waals surface area contributed by atoms with Crippen LogP contribution >= 0.6 is 0 Å². The molecule has 0 heterocycles. The van der Waals surface area contributed by atoms with Crippen LogP contribution in [0.25, 0.3) is 0 Å². The first kappa shape index (κ1) is 18.4. The number of aryl methyl sites for hydroxylation is 1. The molecule has 0 saturated carbocycles. The fourth-order valence-electron chi connectivity index (χ4n) is 2.10. The van der Waals surface area contributed by atoms with Gasteiger partial charge in [0.1, 0.15) is 5.75 Å². The Kier molecular flexibility index (Phi) is 6.45. The molecule has 25 heavy (non-hydrogen) atoms. The second-order valence-electron chi connectivity index (χ2n) is 5.35. The molecule has 0 atom stereocenters. The van der Waals surface area contributed by atoms with E-state index in [0.717, 1.165) is 11.1 Å². The Morgan fingerprint density at radius 3 is 2.44 bits per heavy atom. The number of halogens is 2. The van der Waals surface area contributed by atoms with Crippen molar-refractivity contribution in [1.29, 1.82) is 0 Å². The van der Waals surface area contributed by atoms with E-state index in [1.165, 1.54) is 12.1 Å². The van der Waals surface area contributed by atoms with Gasteiger partial charge in [-0.15, -0.1) is 0 Å². The van der Waals surface area contributed by atoms with Crippen molar-refractivity contribution in [3.05, 3.63) is 65.2 Å². The van der Waals surface area contributed by atoms with Crippen LogP contribution in [0.3, 0.4) is 0 Å². The number of amides is 2. The van der Waals surface area contributed by atoms with E-state index >= 15 is 0 Å². The normalized spacial score (nSPS) is 10.4. The van der Waals surface area contributed by atoms with Gasteiger partial charge in [0.25, 0.3) is 5.91 Å². The molecule has 2 rings (SSSR count). The summed E-state index contributed by atoms with van der Waals surface area (Å²) in [6, 6.07) is 13.0. The van der Waals surface area contributed by atoms with Crippen LogP contribution in [-0.4, -0.2) is 25.0 Å². The zero-order valence-electron chi connectivity index (χ0n) is 13.6. The summed E-state index contributed by atoms with van der Waals surface area (Å²) >= 11 is 0. The molecule has 0 saturated heterocycles. The molecule has 0 aromatic heterocycles. The second kappa shape index (κ2) is 8.77. The first-order valence-corrected chi connectivity index (χ1v) is 7.59. The van der Waals surface area contributed by atoms with Crippen molar-refractivity contribution in [1.82, 2.24) is 10.6 Å². The zero-order valence-corrected chi connectivity index (χ0v) is 13.6. The SMILES string of the molecule is Cc1cccc(C(=O)NCC(=O)NCc2ccc(OC(F)F)cc2)c1. The predicted octanol–water partition coefficient (Wildman–Crippen LogP) is 2.64. The van der Waals surface area contributed by atoms with E-state index in [1.54, 1.807) is 30.3 Å². The predicted molar refractivity (Wildman–Crippen MR) is 88.4 cm³/mol. The van der Waals surface area contributed by atoms with Gasteiger partial charge in [-0.1, -0.05) is 29.8 Å². The molecular formula is C18H18F2N2O3. The van der Waals surface area contributed by atoms with Gasteiger partial charge >= 0.3 is 6.61 Å². The van der Waals surface area contributed by atoms with Crippen LogP contribution in [0, 0.1) is 6.92 Å². The van der Waals surface area contributed by atoms with Gasteiger partial charge in [0.15, 0.2) is 0 Å². The maximum atomic E-state index is 12.1. The highest BCUT2D eigenvalue weighted by molar-refractivity contribution is 5.96. The van der Waals surface area contributed by atoms with E-state index in [-0.39, 0.29) is 30.7 Å². The van der Waals surface area contributed by atoms with Crippen LogP contribution in [0.4, 0.5) is 8.78 Å². The number of alkyl halides is 2. The van der Waals surface area contributed by atoms with Gasteiger partial charge in [-0.25, -0.2) is 0 Å². The topological polar surface area (TPSA) is 67.4 Å². The Morgan fingerprint density at radius 2 is 1.80 bits per heavy atom. The molecule has 2 amide bonds. The van der Waals surface area contributed by atoms with Crippen molar-refractivity contribution in [3.63, 3.8) is 0 Å². The van der Waals surface area contributed by atoms with Crippen molar-refractivity contribution >= 4 is 11.8 Å². The van der Waals surface area contributed by atoms with Crippen LogP contribution in [0.5, 0.6) is 5.75 Å². The summed E-state index contributed by atoms with van der Waals surface area (Å²) in [5, 5.41) is 5.17. The Bertz CT molecular complexity index is 733. The lowest BCUT2D eigenvalue weighted by molar-refractivity contribution is -0.120. The summed E-state index contributed by atoms with van der Waals surface area (Å²) in [4.78, 5) is 23.7. The Hall–Kier alpha value is -2.96. The first-order valence-electron chi connectivity index (χ1n) is 7.59. The van der Waals surface area contributed by atoms with Gasteiger partial charge in [0.2, 0.25) is 5.91 Å². The van der Waals surface area contributed by atoms with Crippen LogP contribution < -0.4 is 15.4 Å². The molecular weight excluding hydrogens is 330 g/mol. The fourth-order valence-corrected chi connectivity index (χ4v) is 2.10. The molecule has 2 N–H and O–H groups in total. The Morgan fingerprint density at radius 1 is 1.08 bits per heavy atom. The number of benzene rings is 2. The van der Waals surface area contributed by atoms with E-state index in [1.807, 2.05) is 13.0 Å². The highest BCUT2D eigenvalue weighted by atomic mass is 19.3. The van der Waals surface area contributed by atoms with Gasteiger partial charge < -0.3 is 15.4 Å². The summed E-state index contributed by atoms with van der Waals surface area (Å²) in [5.74, 6) is -0.628. The van der Waals surface area contributed by atoms with Gasteiger partial charge in [0.05, 0.1) is 6.54 Å². The van der Waals surface area contributed by atoms with E-state index in [0.29, 0.717) is 5.56 Å². The minimum Gasteiger partial charge on any atom is -0.435 e. The molecule has 2 aromatic carbocycles. The number of carbonyl (C=O) groups excluding carboxylic acids is 2.